The second-order valence-electron chi connectivity index (χ2n) is 4.79. The zero-order valence-corrected chi connectivity index (χ0v) is 12.3. The minimum absolute atomic E-state index is 0.155. The molecule has 0 bridgehead atoms. The quantitative estimate of drug-likeness (QED) is 0.940. The van der Waals surface area contributed by atoms with Crippen molar-refractivity contribution < 1.29 is 17.9 Å². The van der Waals surface area contributed by atoms with E-state index in [0.29, 0.717) is 11.5 Å². The van der Waals surface area contributed by atoms with Crippen molar-refractivity contribution in [3.63, 3.8) is 0 Å². The molecule has 0 aliphatic carbocycles. The van der Waals surface area contributed by atoms with E-state index in [2.05, 4.69) is 4.72 Å². The van der Waals surface area contributed by atoms with Crippen molar-refractivity contribution in [1.82, 2.24) is 4.72 Å². The van der Waals surface area contributed by atoms with Crippen LogP contribution in [-0.4, -0.2) is 15.2 Å². The number of sulfonamides is 1. The molecule has 2 aromatic carbocycles. The normalized spacial score (nSPS) is 13.4. The Morgan fingerprint density at radius 2 is 1.86 bits per heavy atom. The Hall–Kier alpha value is -2.05. The first-order valence-electron chi connectivity index (χ1n) is 6.50. The zero-order valence-electron chi connectivity index (χ0n) is 11.5. The average Bonchev–Trinajstić information content (AvgIpc) is 2.94. The van der Waals surface area contributed by atoms with Crippen LogP contribution in [0.2, 0.25) is 0 Å². The molecule has 0 fully saturated rings. The van der Waals surface area contributed by atoms with Gasteiger partial charge in [0.05, 0.1) is 4.90 Å². The van der Waals surface area contributed by atoms with Crippen molar-refractivity contribution in [3.8, 4) is 11.5 Å². The van der Waals surface area contributed by atoms with Gasteiger partial charge in [-0.2, -0.15) is 0 Å². The van der Waals surface area contributed by atoms with Crippen molar-refractivity contribution in [2.24, 2.45) is 0 Å². The van der Waals surface area contributed by atoms with Gasteiger partial charge in [0, 0.05) is 12.1 Å². The molecule has 0 unspecified atom stereocenters. The van der Waals surface area contributed by atoms with Gasteiger partial charge in [-0.25, -0.2) is 13.1 Å². The molecule has 0 atom stereocenters. The van der Waals surface area contributed by atoms with E-state index in [1.54, 1.807) is 30.3 Å². The lowest BCUT2D eigenvalue weighted by molar-refractivity contribution is 0.173. The number of aryl methyl sites for hydroxylation is 1. The number of hydrogen-bond acceptors (Lipinski definition) is 4. The fourth-order valence-electron chi connectivity index (χ4n) is 2.10. The van der Waals surface area contributed by atoms with Gasteiger partial charge in [-0.15, -0.1) is 0 Å². The van der Waals surface area contributed by atoms with E-state index in [4.69, 9.17) is 9.47 Å². The zero-order chi connectivity index (χ0) is 14.9. The molecule has 2 aromatic rings. The van der Waals surface area contributed by atoms with Crippen molar-refractivity contribution >= 4 is 10.0 Å². The van der Waals surface area contributed by atoms with Gasteiger partial charge < -0.3 is 9.47 Å². The lowest BCUT2D eigenvalue weighted by Crippen LogP contribution is -2.23. The van der Waals surface area contributed by atoms with Gasteiger partial charge in [-0.3, -0.25) is 0 Å². The Bertz CT molecular complexity index is 754. The van der Waals surface area contributed by atoms with Gasteiger partial charge in [-0.1, -0.05) is 29.8 Å². The first-order chi connectivity index (χ1) is 10.1. The summed E-state index contributed by atoms with van der Waals surface area (Å²) in [4.78, 5) is 0.248. The number of nitrogens with one attached hydrogen (secondary N) is 1. The van der Waals surface area contributed by atoms with Crippen LogP contribution in [0.25, 0.3) is 0 Å². The Kier molecular flexibility index (Phi) is 3.57. The SMILES string of the molecule is Cc1ccc(S(=O)(=O)NCc2cccc3c2OCO3)cc1. The summed E-state index contributed by atoms with van der Waals surface area (Å²) in [6.07, 6.45) is 0. The third kappa shape index (κ3) is 2.86. The molecule has 110 valence electrons. The second-order valence-corrected chi connectivity index (χ2v) is 6.56. The highest BCUT2D eigenvalue weighted by Gasteiger charge is 2.19. The van der Waals surface area contributed by atoms with Crippen LogP contribution >= 0.6 is 0 Å². The number of rotatable bonds is 4. The van der Waals surface area contributed by atoms with E-state index >= 15 is 0 Å². The van der Waals surface area contributed by atoms with Crippen LogP contribution in [0.5, 0.6) is 11.5 Å². The minimum atomic E-state index is -3.54. The van der Waals surface area contributed by atoms with E-state index < -0.39 is 10.0 Å². The highest BCUT2D eigenvalue weighted by molar-refractivity contribution is 7.89. The van der Waals surface area contributed by atoms with Crippen LogP contribution in [0.1, 0.15) is 11.1 Å². The molecule has 1 heterocycles. The van der Waals surface area contributed by atoms with Gasteiger partial charge in [0.1, 0.15) is 0 Å². The molecule has 21 heavy (non-hydrogen) atoms. The molecule has 1 N–H and O–H groups in total. The fourth-order valence-corrected chi connectivity index (χ4v) is 3.11. The smallest absolute Gasteiger partial charge is 0.240 e. The third-order valence-electron chi connectivity index (χ3n) is 3.26. The molecule has 0 spiro atoms. The number of ether oxygens (including phenoxy) is 2. The third-order valence-corrected chi connectivity index (χ3v) is 4.68. The van der Waals surface area contributed by atoms with Crippen LogP contribution in [-0.2, 0) is 16.6 Å². The maximum absolute atomic E-state index is 12.2. The number of hydrogen-bond donors (Lipinski definition) is 1. The van der Waals surface area contributed by atoms with E-state index in [0.717, 1.165) is 11.1 Å². The summed E-state index contributed by atoms with van der Waals surface area (Å²) in [6, 6.07) is 12.1. The molecule has 0 aromatic heterocycles. The second kappa shape index (κ2) is 5.38. The lowest BCUT2D eigenvalue weighted by atomic mass is 10.2. The molecule has 1 aliphatic heterocycles. The maximum Gasteiger partial charge on any atom is 0.240 e. The molecule has 0 saturated carbocycles. The standard InChI is InChI=1S/C15H15NO4S/c1-11-5-7-13(8-6-11)21(17,18)16-9-12-3-2-4-14-15(12)20-10-19-14/h2-8,16H,9-10H2,1H3. The summed E-state index contributed by atoms with van der Waals surface area (Å²) in [7, 11) is -3.54. The maximum atomic E-state index is 12.2. The molecule has 6 heteroatoms. The Labute approximate surface area is 123 Å². The van der Waals surface area contributed by atoms with Gasteiger partial charge >= 0.3 is 0 Å². The molecular formula is C15H15NO4S. The van der Waals surface area contributed by atoms with E-state index in [9.17, 15) is 8.42 Å². The summed E-state index contributed by atoms with van der Waals surface area (Å²) in [6.45, 7) is 2.23. The monoisotopic (exact) mass is 305 g/mol. The van der Waals surface area contributed by atoms with Gasteiger partial charge in [-0.05, 0) is 25.1 Å². The van der Waals surface area contributed by atoms with Crippen LogP contribution in [0.15, 0.2) is 47.4 Å². The number of benzene rings is 2. The van der Waals surface area contributed by atoms with Gasteiger partial charge in [0.2, 0.25) is 16.8 Å². The van der Waals surface area contributed by atoms with E-state index in [1.807, 2.05) is 19.1 Å². The summed E-state index contributed by atoms with van der Waals surface area (Å²) in [5, 5.41) is 0. The first-order valence-corrected chi connectivity index (χ1v) is 7.98. The Morgan fingerprint density at radius 1 is 1.10 bits per heavy atom. The van der Waals surface area contributed by atoms with Crippen LogP contribution in [0.4, 0.5) is 0 Å². The van der Waals surface area contributed by atoms with Crippen molar-refractivity contribution in [2.75, 3.05) is 6.79 Å². The molecular weight excluding hydrogens is 290 g/mol. The topological polar surface area (TPSA) is 64.6 Å². The van der Waals surface area contributed by atoms with Gasteiger partial charge in [0.25, 0.3) is 0 Å². The molecule has 0 amide bonds. The predicted octanol–water partition coefficient (Wildman–Crippen LogP) is 2.20. The van der Waals surface area contributed by atoms with Crippen LogP contribution in [0.3, 0.4) is 0 Å². The summed E-state index contributed by atoms with van der Waals surface area (Å²) >= 11 is 0. The van der Waals surface area contributed by atoms with Crippen molar-refractivity contribution in [1.29, 1.82) is 0 Å². The molecule has 1 aliphatic rings. The number of fused-ring (bicyclic) bond motifs is 1. The average molecular weight is 305 g/mol. The van der Waals surface area contributed by atoms with E-state index in [1.165, 1.54) is 0 Å². The van der Waals surface area contributed by atoms with Crippen molar-refractivity contribution in [3.05, 3.63) is 53.6 Å². The fraction of sp³-hybridized carbons (Fsp3) is 0.200. The summed E-state index contributed by atoms with van der Waals surface area (Å²) in [5.74, 6) is 1.24. The predicted molar refractivity (Wildman–Crippen MR) is 77.8 cm³/mol. The number of para-hydroxylation sites is 1. The highest BCUT2D eigenvalue weighted by Crippen LogP contribution is 2.35. The lowest BCUT2D eigenvalue weighted by Gasteiger charge is -2.09. The Balaban J connectivity index is 1.78. The van der Waals surface area contributed by atoms with Gasteiger partial charge in [0.15, 0.2) is 11.5 Å². The minimum Gasteiger partial charge on any atom is -0.454 e. The van der Waals surface area contributed by atoms with Crippen LogP contribution < -0.4 is 14.2 Å². The molecule has 3 rings (SSSR count). The first kappa shape index (κ1) is 13.9. The highest BCUT2D eigenvalue weighted by atomic mass is 32.2. The largest absolute Gasteiger partial charge is 0.454 e. The summed E-state index contributed by atoms with van der Waals surface area (Å²) < 4.78 is 37.7. The van der Waals surface area contributed by atoms with Crippen molar-refractivity contribution in [2.45, 2.75) is 18.4 Å². The molecule has 0 saturated heterocycles. The molecule has 0 radical (unpaired) electrons. The van der Waals surface area contributed by atoms with E-state index in [-0.39, 0.29) is 18.2 Å². The summed E-state index contributed by atoms with van der Waals surface area (Å²) in [5.41, 5.74) is 1.76. The molecule has 5 nitrogen and oxygen atoms in total. The Morgan fingerprint density at radius 3 is 2.62 bits per heavy atom. The van der Waals surface area contributed by atoms with Crippen LogP contribution in [0, 0.1) is 6.92 Å².